The number of nitrogens with zero attached hydrogens (tertiary/aromatic N) is 2. The van der Waals surface area contributed by atoms with Crippen LogP contribution in [-0.4, -0.2) is 27.7 Å². The van der Waals surface area contributed by atoms with E-state index in [1.807, 2.05) is 18.3 Å². The normalized spacial score (nSPS) is 16.0. The minimum atomic E-state index is -0.00169. The number of pyridine rings is 1. The lowest BCUT2D eigenvalue weighted by molar-refractivity contribution is 0.0838. The molecule has 1 saturated heterocycles. The standard InChI is InChI=1S/C18H19N3O2/c1-21-11-14(3-5-17(21)22)13-2-4-15-16(10-13)20-18(19-15)12-6-8-23-9-7-12/h2-5,10-12H,6-9H2,1H3,(H,19,20). The number of ether oxygens (including phenoxy) is 1. The molecule has 0 saturated carbocycles. The number of aromatic nitrogens is 3. The summed E-state index contributed by atoms with van der Waals surface area (Å²) in [6.45, 7) is 1.62. The van der Waals surface area contributed by atoms with Gasteiger partial charge < -0.3 is 14.3 Å². The number of benzene rings is 1. The first-order valence-corrected chi connectivity index (χ1v) is 7.95. The zero-order valence-electron chi connectivity index (χ0n) is 13.1. The third kappa shape index (κ3) is 2.68. The average molecular weight is 309 g/mol. The van der Waals surface area contributed by atoms with Crippen molar-refractivity contribution < 1.29 is 4.74 Å². The molecule has 23 heavy (non-hydrogen) atoms. The quantitative estimate of drug-likeness (QED) is 0.792. The van der Waals surface area contributed by atoms with E-state index in [0.717, 1.165) is 54.0 Å². The second kappa shape index (κ2) is 5.66. The van der Waals surface area contributed by atoms with Crippen molar-refractivity contribution in [1.29, 1.82) is 0 Å². The zero-order chi connectivity index (χ0) is 15.8. The number of nitrogens with one attached hydrogen (secondary N) is 1. The number of H-pyrrole nitrogens is 1. The highest BCUT2D eigenvalue weighted by Crippen LogP contribution is 2.28. The number of hydrogen-bond acceptors (Lipinski definition) is 3. The Morgan fingerprint density at radius 3 is 2.74 bits per heavy atom. The van der Waals surface area contributed by atoms with E-state index in [4.69, 9.17) is 9.72 Å². The van der Waals surface area contributed by atoms with Crippen LogP contribution >= 0.6 is 0 Å². The molecule has 3 heterocycles. The summed E-state index contributed by atoms with van der Waals surface area (Å²) in [5, 5.41) is 0. The van der Waals surface area contributed by atoms with Gasteiger partial charge in [-0.2, -0.15) is 0 Å². The van der Waals surface area contributed by atoms with Crippen molar-refractivity contribution in [3.8, 4) is 11.1 Å². The molecular weight excluding hydrogens is 290 g/mol. The monoisotopic (exact) mass is 309 g/mol. The molecule has 4 rings (SSSR count). The van der Waals surface area contributed by atoms with Crippen molar-refractivity contribution in [3.05, 3.63) is 52.7 Å². The SMILES string of the molecule is Cn1cc(-c2ccc3nc(C4CCOCC4)[nH]c3c2)ccc1=O. The van der Waals surface area contributed by atoms with Gasteiger partial charge in [-0.3, -0.25) is 4.79 Å². The van der Waals surface area contributed by atoms with E-state index in [9.17, 15) is 4.79 Å². The molecule has 0 atom stereocenters. The molecule has 1 aromatic carbocycles. The van der Waals surface area contributed by atoms with Gasteiger partial charge in [-0.1, -0.05) is 6.07 Å². The van der Waals surface area contributed by atoms with Crippen molar-refractivity contribution in [2.45, 2.75) is 18.8 Å². The van der Waals surface area contributed by atoms with Crippen molar-refractivity contribution in [1.82, 2.24) is 14.5 Å². The number of aryl methyl sites for hydroxylation is 1. The minimum absolute atomic E-state index is 0.00169. The van der Waals surface area contributed by atoms with Crippen molar-refractivity contribution >= 4 is 11.0 Å². The molecule has 5 heteroatoms. The first-order valence-electron chi connectivity index (χ1n) is 7.95. The minimum Gasteiger partial charge on any atom is -0.381 e. The summed E-state index contributed by atoms with van der Waals surface area (Å²) in [5.74, 6) is 1.51. The summed E-state index contributed by atoms with van der Waals surface area (Å²) in [6.07, 6.45) is 3.90. The second-order valence-electron chi connectivity index (χ2n) is 6.11. The van der Waals surface area contributed by atoms with Gasteiger partial charge in [0.2, 0.25) is 5.56 Å². The van der Waals surface area contributed by atoms with E-state index in [0.29, 0.717) is 5.92 Å². The van der Waals surface area contributed by atoms with Crippen LogP contribution < -0.4 is 5.56 Å². The molecule has 0 bridgehead atoms. The summed E-state index contributed by atoms with van der Waals surface area (Å²) in [6, 6.07) is 9.65. The Hall–Kier alpha value is -2.40. The first kappa shape index (κ1) is 14.2. The summed E-state index contributed by atoms with van der Waals surface area (Å²) in [7, 11) is 1.77. The van der Waals surface area contributed by atoms with Crippen molar-refractivity contribution in [3.63, 3.8) is 0 Å². The molecule has 1 aliphatic heterocycles. The Bertz CT molecular complexity index is 904. The van der Waals surface area contributed by atoms with Gasteiger partial charge >= 0.3 is 0 Å². The molecule has 2 aromatic heterocycles. The van der Waals surface area contributed by atoms with E-state index in [1.165, 1.54) is 0 Å². The number of hydrogen-bond donors (Lipinski definition) is 1. The van der Waals surface area contributed by atoms with Gasteiger partial charge in [0.1, 0.15) is 5.82 Å². The van der Waals surface area contributed by atoms with Crippen LogP contribution in [0.1, 0.15) is 24.6 Å². The molecule has 0 aliphatic carbocycles. The van der Waals surface area contributed by atoms with Gasteiger partial charge in [0.15, 0.2) is 0 Å². The highest BCUT2D eigenvalue weighted by molar-refractivity contribution is 5.81. The van der Waals surface area contributed by atoms with Crippen LogP contribution in [0.2, 0.25) is 0 Å². The van der Waals surface area contributed by atoms with Crippen LogP contribution in [0.15, 0.2) is 41.3 Å². The summed E-state index contributed by atoms with van der Waals surface area (Å²) in [5.41, 5.74) is 4.13. The van der Waals surface area contributed by atoms with Crippen molar-refractivity contribution in [2.24, 2.45) is 7.05 Å². The maximum Gasteiger partial charge on any atom is 0.250 e. The lowest BCUT2D eigenvalue weighted by Gasteiger charge is -2.19. The molecule has 5 nitrogen and oxygen atoms in total. The van der Waals surface area contributed by atoms with Gasteiger partial charge in [0.05, 0.1) is 11.0 Å². The van der Waals surface area contributed by atoms with Gasteiger partial charge in [0.25, 0.3) is 0 Å². The van der Waals surface area contributed by atoms with Crippen LogP contribution in [0.5, 0.6) is 0 Å². The Balaban J connectivity index is 1.72. The first-order chi connectivity index (χ1) is 11.2. The van der Waals surface area contributed by atoms with E-state index >= 15 is 0 Å². The molecule has 0 unspecified atom stereocenters. The molecule has 1 N–H and O–H groups in total. The molecule has 118 valence electrons. The van der Waals surface area contributed by atoms with E-state index < -0.39 is 0 Å². The highest BCUT2D eigenvalue weighted by atomic mass is 16.5. The van der Waals surface area contributed by atoms with Gasteiger partial charge in [0, 0.05) is 38.4 Å². The molecule has 1 fully saturated rings. The fraction of sp³-hybridized carbons (Fsp3) is 0.333. The largest absolute Gasteiger partial charge is 0.381 e. The number of rotatable bonds is 2. The van der Waals surface area contributed by atoms with Crippen LogP contribution in [0.4, 0.5) is 0 Å². The fourth-order valence-corrected chi connectivity index (χ4v) is 3.14. The molecule has 0 amide bonds. The van der Waals surface area contributed by atoms with E-state index in [2.05, 4.69) is 17.1 Å². The molecule has 0 radical (unpaired) electrons. The summed E-state index contributed by atoms with van der Waals surface area (Å²) in [4.78, 5) is 19.7. The van der Waals surface area contributed by atoms with Crippen LogP contribution in [0.25, 0.3) is 22.2 Å². The average Bonchev–Trinajstić information content (AvgIpc) is 3.01. The van der Waals surface area contributed by atoms with Crippen LogP contribution in [-0.2, 0) is 11.8 Å². The predicted molar refractivity (Wildman–Crippen MR) is 89.6 cm³/mol. The van der Waals surface area contributed by atoms with Crippen LogP contribution in [0, 0.1) is 0 Å². The number of imidazole rings is 1. The number of aromatic amines is 1. The third-order valence-corrected chi connectivity index (χ3v) is 4.53. The predicted octanol–water partition coefficient (Wildman–Crippen LogP) is 2.82. The van der Waals surface area contributed by atoms with Gasteiger partial charge in [-0.25, -0.2) is 4.98 Å². The van der Waals surface area contributed by atoms with Gasteiger partial charge in [-0.15, -0.1) is 0 Å². The number of fused-ring (bicyclic) bond motifs is 1. The molecule has 1 aliphatic rings. The fourth-order valence-electron chi connectivity index (χ4n) is 3.14. The lowest BCUT2D eigenvalue weighted by atomic mass is 10.00. The third-order valence-electron chi connectivity index (χ3n) is 4.53. The van der Waals surface area contributed by atoms with E-state index in [1.54, 1.807) is 17.7 Å². The molecule has 3 aromatic rings. The highest BCUT2D eigenvalue weighted by Gasteiger charge is 2.19. The molecule has 0 spiro atoms. The van der Waals surface area contributed by atoms with Crippen molar-refractivity contribution in [2.75, 3.05) is 13.2 Å². The lowest BCUT2D eigenvalue weighted by Crippen LogP contribution is -2.15. The maximum absolute atomic E-state index is 11.5. The Kier molecular flexibility index (Phi) is 3.50. The van der Waals surface area contributed by atoms with E-state index in [-0.39, 0.29) is 5.56 Å². The van der Waals surface area contributed by atoms with Crippen LogP contribution in [0.3, 0.4) is 0 Å². The smallest absolute Gasteiger partial charge is 0.250 e. The zero-order valence-corrected chi connectivity index (χ0v) is 13.1. The Morgan fingerprint density at radius 2 is 1.96 bits per heavy atom. The van der Waals surface area contributed by atoms with Gasteiger partial charge in [-0.05, 0) is 42.2 Å². The Labute approximate surface area is 133 Å². The Morgan fingerprint density at radius 1 is 1.17 bits per heavy atom. The molecular formula is C18H19N3O2. The topological polar surface area (TPSA) is 59.9 Å². The summed E-state index contributed by atoms with van der Waals surface area (Å²) >= 11 is 0. The maximum atomic E-state index is 11.5. The summed E-state index contributed by atoms with van der Waals surface area (Å²) < 4.78 is 7.02. The second-order valence-corrected chi connectivity index (χ2v) is 6.11.